The number of hydrogen-bond donors (Lipinski definition) is 2. The number of carbonyl (C=O) groups is 1. The molecule has 176 valence electrons. The molecule has 3 N–H and O–H groups in total. The number of nitrogens with zero attached hydrogens (tertiary/aromatic N) is 7. The van der Waals surface area contributed by atoms with E-state index in [1.165, 1.54) is 0 Å². The fourth-order valence-electron chi connectivity index (χ4n) is 4.00. The second-order valence-corrected chi connectivity index (χ2v) is 8.17. The zero-order chi connectivity index (χ0) is 23.4. The van der Waals surface area contributed by atoms with Gasteiger partial charge in [0.25, 0.3) is 0 Å². The van der Waals surface area contributed by atoms with Gasteiger partial charge in [0.05, 0.1) is 25.0 Å². The minimum absolute atomic E-state index is 0.137. The molecule has 3 aromatic rings. The molecule has 1 aliphatic heterocycles. The molecule has 1 fully saturated rings. The lowest BCUT2D eigenvalue weighted by Crippen LogP contribution is -2.51. The van der Waals surface area contributed by atoms with Gasteiger partial charge in [0.1, 0.15) is 5.82 Å². The second kappa shape index (κ2) is 9.99. The molecule has 0 spiro atoms. The summed E-state index contributed by atoms with van der Waals surface area (Å²) in [6.07, 6.45) is 5.11. The van der Waals surface area contributed by atoms with Crippen molar-refractivity contribution in [2.45, 2.75) is 26.7 Å². The smallest absolute Gasteiger partial charge is 0.336 e. The van der Waals surface area contributed by atoms with Crippen LogP contribution in [0.5, 0.6) is 6.01 Å². The molecule has 4 heterocycles. The lowest BCUT2D eigenvalue weighted by atomic mass is 10.1. The topological polar surface area (TPSA) is 127 Å². The number of aryl methyl sites for hydroxylation is 1. The molecule has 0 radical (unpaired) electrons. The van der Waals surface area contributed by atoms with E-state index in [0.29, 0.717) is 44.1 Å². The number of aromatic nitrogens is 5. The van der Waals surface area contributed by atoms with Crippen molar-refractivity contribution in [2.24, 2.45) is 0 Å². The lowest BCUT2D eigenvalue weighted by molar-refractivity contribution is -0.130. The van der Waals surface area contributed by atoms with Crippen molar-refractivity contribution in [3.63, 3.8) is 0 Å². The third-order valence-corrected chi connectivity index (χ3v) is 5.63. The van der Waals surface area contributed by atoms with Crippen LogP contribution < -0.4 is 20.7 Å². The van der Waals surface area contributed by atoms with Crippen molar-refractivity contribution in [1.82, 2.24) is 34.8 Å². The van der Waals surface area contributed by atoms with E-state index >= 15 is 0 Å². The van der Waals surface area contributed by atoms with Crippen LogP contribution in [0.4, 0.5) is 11.6 Å². The average Bonchev–Trinajstić information content (AvgIpc) is 3.21. The maximum atomic E-state index is 12.1. The average molecular weight is 454 g/mol. The van der Waals surface area contributed by atoms with Gasteiger partial charge in [0.2, 0.25) is 5.91 Å². The Hall–Kier alpha value is -3.47. The third-order valence-electron chi connectivity index (χ3n) is 5.63. The molecular formula is C22H31N9O2. The number of rotatable bonds is 8. The highest BCUT2D eigenvalue weighted by Crippen LogP contribution is 2.22. The van der Waals surface area contributed by atoms with Gasteiger partial charge < -0.3 is 25.6 Å². The molecule has 0 saturated carbocycles. The minimum atomic E-state index is 0.137. The fraction of sp³-hybridized carbons (Fsp3) is 0.500. The van der Waals surface area contributed by atoms with Gasteiger partial charge in [-0.1, -0.05) is 13.0 Å². The van der Waals surface area contributed by atoms with E-state index in [-0.39, 0.29) is 11.9 Å². The number of nitrogens with one attached hydrogen (secondary N) is 1. The molecule has 4 rings (SSSR count). The molecule has 0 bridgehead atoms. The van der Waals surface area contributed by atoms with Gasteiger partial charge in [-0.3, -0.25) is 4.79 Å². The molecule has 0 aliphatic carbocycles. The van der Waals surface area contributed by atoms with Gasteiger partial charge in [0, 0.05) is 38.8 Å². The van der Waals surface area contributed by atoms with E-state index in [1.54, 1.807) is 17.8 Å². The van der Waals surface area contributed by atoms with Crippen LogP contribution in [0.3, 0.4) is 0 Å². The second-order valence-electron chi connectivity index (χ2n) is 8.17. The molecule has 0 aromatic carbocycles. The normalized spacial score (nSPS) is 14.2. The lowest BCUT2D eigenvalue weighted by Gasteiger charge is -2.36. The van der Waals surface area contributed by atoms with Crippen LogP contribution in [-0.4, -0.2) is 81.8 Å². The van der Waals surface area contributed by atoms with Gasteiger partial charge in [-0.05, 0) is 31.5 Å². The summed E-state index contributed by atoms with van der Waals surface area (Å²) in [4.78, 5) is 29.5. The summed E-state index contributed by atoms with van der Waals surface area (Å²) < 4.78 is 7.25. The van der Waals surface area contributed by atoms with Gasteiger partial charge >= 0.3 is 6.01 Å². The number of amides is 1. The molecule has 11 nitrogen and oxygen atoms in total. The Morgan fingerprint density at radius 3 is 2.70 bits per heavy atom. The quantitative estimate of drug-likeness (QED) is 0.505. The van der Waals surface area contributed by atoms with Gasteiger partial charge in [-0.25, -0.2) is 14.5 Å². The Balaban J connectivity index is 1.47. The number of anilines is 2. The van der Waals surface area contributed by atoms with Crippen molar-refractivity contribution in [1.29, 1.82) is 0 Å². The van der Waals surface area contributed by atoms with Crippen LogP contribution in [0.15, 0.2) is 18.5 Å². The van der Waals surface area contributed by atoms with E-state index in [4.69, 9.17) is 15.5 Å². The maximum absolute atomic E-state index is 12.1. The molecular weight excluding hydrogens is 422 g/mol. The van der Waals surface area contributed by atoms with Gasteiger partial charge in [-0.2, -0.15) is 4.98 Å². The number of imidazole rings is 1. The number of carbonyl (C=O) groups excluding carboxylic acids is 1. The Morgan fingerprint density at radius 1 is 1.21 bits per heavy atom. The number of fused-ring (bicyclic) bond motifs is 1. The first-order valence-electron chi connectivity index (χ1n) is 11.3. The number of piperazine rings is 1. The zero-order valence-corrected chi connectivity index (χ0v) is 19.4. The predicted molar refractivity (Wildman–Crippen MR) is 125 cm³/mol. The van der Waals surface area contributed by atoms with Crippen LogP contribution in [0.2, 0.25) is 0 Å². The van der Waals surface area contributed by atoms with Crippen LogP contribution >= 0.6 is 0 Å². The summed E-state index contributed by atoms with van der Waals surface area (Å²) >= 11 is 0. The number of nitrogen functional groups attached to an aromatic ring is 1. The summed E-state index contributed by atoms with van der Waals surface area (Å²) in [6, 6.07) is 2.39. The Kier molecular flexibility index (Phi) is 6.87. The summed E-state index contributed by atoms with van der Waals surface area (Å²) in [7, 11) is 1.79. The highest BCUT2D eigenvalue weighted by molar-refractivity contribution is 5.78. The van der Waals surface area contributed by atoms with Crippen molar-refractivity contribution < 1.29 is 9.53 Å². The van der Waals surface area contributed by atoms with Gasteiger partial charge in [-0.15, -0.1) is 5.10 Å². The van der Waals surface area contributed by atoms with E-state index in [1.807, 2.05) is 18.0 Å². The van der Waals surface area contributed by atoms with Crippen LogP contribution in [0.25, 0.3) is 5.65 Å². The highest BCUT2D eigenvalue weighted by atomic mass is 16.5. The summed E-state index contributed by atoms with van der Waals surface area (Å²) in [5, 5.41) is 7.37. The molecule has 1 amide bonds. The molecule has 1 saturated heterocycles. The monoisotopic (exact) mass is 453 g/mol. The van der Waals surface area contributed by atoms with Crippen molar-refractivity contribution in [2.75, 3.05) is 57.0 Å². The summed E-state index contributed by atoms with van der Waals surface area (Å²) in [5.41, 5.74) is 9.59. The molecule has 0 unspecified atom stereocenters. The first kappa shape index (κ1) is 22.7. The van der Waals surface area contributed by atoms with E-state index in [2.05, 4.69) is 38.3 Å². The molecule has 3 aromatic heterocycles. The standard InChI is InChI=1S/C22H31N9O2/c1-4-9-33-22-27-19(23)21-26-13-17(31(21)28-22)11-16-10-15(2)20(25-12-16)30-7-5-29(6-8-30)18(32)14-24-3/h10,12-13,24H,4-9,11,14H2,1-3H3,(H2,23,27,28). The number of hydrogen-bond acceptors (Lipinski definition) is 9. The fourth-order valence-corrected chi connectivity index (χ4v) is 4.00. The summed E-state index contributed by atoms with van der Waals surface area (Å²) in [6.45, 7) is 7.93. The van der Waals surface area contributed by atoms with E-state index in [9.17, 15) is 4.79 Å². The van der Waals surface area contributed by atoms with Crippen molar-refractivity contribution in [3.8, 4) is 6.01 Å². The van der Waals surface area contributed by atoms with E-state index < -0.39 is 0 Å². The molecule has 1 aliphatic rings. The minimum Gasteiger partial charge on any atom is -0.462 e. The number of nitrogens with two attached hydrogens (primary N) is 1. The largest absolute Gasteiger partial charge is 0.462 e. The maximum Gasteiger partial charge on any atom is 0.336 e. The Labute approximate surface area is 193 Å². The van der Waals surface area contributed by atoms with E-state index in [0.717, 1.165) is 42.1 Å². The first-order chi connectivity index (χ1) is 16.0. The first-order valence-corrected chi connectivity index (χ1v) is 11.3. The molecule has 11 heteroatoms. The molecule has 33 heavy (non-hydrogen) atoms. The SMILES string of the molecule is CCCOc1nc(N)c2ncc(Cc3cnc(N4CCN(C(=O)CNC)CC4)c(C)c3)n2n1. The van der Waals surface area contributed by atoms with Crippen molar-refractivity contribution in [3.05, 3.63) is 35.3 Å². The van der Waals surface area contributed by atoms with Crippen molar-refractivity contribution >= 4 is 23.2 Å². The van der Waals surface area contributed by atoms with Crippen LogP contribution in [0, 0.1) is 6.92 Å². The predicted octanol–water partition coefficient (Wildman–Crippen LogP) is 0.658. The molecule has 0 atom stereocenters. The van der Waals surface area contributed by atoms with Crippen LogP contribution in [-0.2, 0) is 11.2 Å². The number of pyridine rings is 1. The van der Waals surface area contributed by atoms with Gasteiger partial charge in [0.15, 0.2) is 11.5 Å². The number of likely N-dealkylation sites (N-methyl/N-ethyl adjacent to an activating group) is 1. The highest BCUT2D eigenvalue weighted by Gasteiger charge is 2.22. The van der Waals surface area contributed by atoms with Crippen LogP contribution in [0.1, 0.15) is 30.2 Å². The zero-order valence-electron chi connectivity index (χ0n) is 19.4. The number of ether oxygens (including phenoxy) is 1. The Morgan fingerprint density at radius 2 is 2.00 bits per heavy atom. The Bertz CT molecular complexity index is 1120. The third kappa shape index (κ3) is 4.98. The summed E-state index contributed by atoms with van der Waals surface area (Å²) in [5.74, 6) is 1.39.